The van der Waals surface area contributed by atoms with Gasteiger partial charge in [-0.3, -0.25) is 0 Å². The Morgan fingerprint density at radius 3 is 2.77 bits per heavy atom. The Bertz CT molecular complexity index is 711. The molecule has 0 atom stereocenters. The fourth-order valence-electron chi connectivity index (χ4n) is 2.22. The van der Waals surface area contributed by atoms with Gasteiger partial charge >= 0.3 is 0 Å². The van der Waals surface area contributed by atoms with Crippen LogP contribution in [0.1, 0.15) is 5.56 Å². The summed E-state index contributed by atoms with van der Waals surface area (Å²) in [4.78, 5) is 4.27. The molecule has 2 aromatic heterocycles. The van der Waals surface area contributed by atoms with Gasteiger partial charge in [-0.1, -0.05) is 6.07 Å². The lowest BCUT2D eigenvalue weighted by atomic mass is 10.2. The highest BCUT2D eigenvalue weighted by molar-refractivity contribution is 7.87. The number of nitrogens with one attached hydrogen (secondary N) is 1. The third-order valence-corrected chi connectivity index (χ3v) is 4.90. The summed E-state index contributed by atoms with van der Waals surface area (Å²) in [6, 6.07) is 5.38. The zero-order valence-corrected chi connectivity index (χ0v) is 12.7. The molecule has 0 aromatic carbocycles. The van der Waals surface area contributed by atoms with Gasteiger partial charge in [-0.25, -0.2) is 9.67 Å². The van der Waals surface area contributed by atoms with Crippen LogP contribution >= 0.6 is 0 Å². The van der Waals surface area contributed by atoms with E-state index < -0.39 is 10.2 Å². The number of morpholine rings is 1. The SMILES string of the molecule is O=S(=O)(NCc1cccnc1-n1cccn1)N1CCOCC1. The largest absolute Gasteiger partial charge is 0.379 e. The van der Waals surface area contributed by atoms with Crippen LogP contribution in [-0.2, 0) is 21.5 Å². The van der Waals surface area contributed by atoms with Gasteiger partial charge in [-0.05, 0) is 12.1 Å². The summed E-state index contributed by atoms with van der Waals surface area (Å²) >= 11 is 0. The van der Waals surface area contributed by atoms with Crippen molar-refractivity contribution in [3.05, 3.63) is 42.4 Å². The zero-order valence-electron chi connectivity index (χ0n) is 11.9. The fraction of sp³-hybridized carbons (Fsp3) is 0.385. The van der Waals surface area contributed by atoms with E-state index in [1.807, 2.05) is 6.07 Å². The number of hydrogen-bond donors (Lipinski definition) is 1. The average Bonchev–Trinajstić information content (AvgIpc) is 3.08. The Labute approximate surface area is 128 Å². The average molecular weight is 323 g/mol. The summed E-state index contributed by atoms with van der Waals surface area (Å²) in [5.74, 6) is 0.608. The molecule has 0 bridgehead atoms. The quantitative estimate of drug-likeness (QED) is 0.832. The molecule has 2 aromatic rings. The third kappa shape index (κ3) is 3.33. The molecule has 0 aliphatic carbocycles. The van der Waals surface area contributed by atoms with Crippen molar-refractivity contribution in [3.63, 3.8) is 0 Å². The van der Waals surface area contributed by atoms with E-state index in [0.29, 0.717) is 32.1 Å². The van der Waals surface area contributed by atoms with Crippen LogP contribution in [0.4, 0.5) is 0 Å². The molecule has 0 spiro atoms. The Morgan fingerprint density at radius 1 is 1.23 bits per heavy atom. The van der Waals surface area contributed by atoms with Crippen LogP contribution < -0.4 is 4.72 Å². The van der Waals surface area contributed by atoms with Gasteiger partial charge in [-0.15, -0.1) is 0 Å². The maximum atomic E-state index is 12.3. The molecule has 118 valence electrons. The Morgan fingerprint density at radius 2 is 2.05 bits per heavy atom. The van der Waals surface area contributed by atoms with E-state index in [1.54, 1.807) is 35.4 Å². The molecule has 0 saturated carbocycles. The Kier molecular flexibility index (Phi) is 4.48. The normalized spacial score (nSPS) is 16.7. The van der Waals surface area contributed by atoms with E-state index >= 15 is 0 Å². The summed E-state index contributed by atoms with van der Waals surface area (Å²) < 4.78 is 35.3. The Hall–Kier alpha value is -1.81. The van der Waals surface area contributed by atoms with Crippen LogP contribution in [0.2, 0.25) is 0 Å². The minimum absolute atomic E-state index is 0.155. The number of nitrogens with zero attached hydrogens (tertiary/aromatic N) is 4. The molecule has 1 aliphatic rings. The number of hydrogen-bond acceptors (Lipinski definition) is 5. The highest BCUT2D eigenvalue weighted by Gasteiger charge is 2.24. The van der Waals surface area contributed by atoms with Crippen LogP contribution in [0.5, 0.6) is 0 Å². The predicted molar refractivity (Wildman–Crippen MR) is 79.5 cm³/mol. The van der Waals surface area contributed by atoms with Crippen LogP contribution in [0, 0.1) is 0 Å². The topological polar surface area (TPSA) is 89.3 Å². The molecule has 3 rings (SSSR count). The number of ether oxygens (including phenoxy) is 1. The smallest absolute Gasteiger partial charge is 0.279 e. The maximum Gasteiger partial charge on any atom is 0.279 e. The molecule has 9 heteroatoms. The number of aromatic nitrogens is 3. The second-order valence-corrected chi connectivity index (χ2v) is 6.53. The number of pyridine rings is 1. The zero-order chi connectivity index (χ0) is 15.4. The van der Waals surface area contributed by atoms with E-state index in [2.05, 4.69) is 14.8 Å². The molecular weight excluding hydrogens is 306 g/mol. The lowest BCUT2D eigenvalue weighted by Gasteiger charge is -2.26. The van der Waals surface area contributed by atoms with Crippen molar-refractivity contribution in [1.29, 1.82) is 0 Å². The first kappa shape index (κ1) is 15.1. The minimum atomic E-state index is -3.52. The van der Waals surface area contributed by atoms with Crippen molar-refractivity contribution in [3.8, 4) is 5.82 Å². The van der Waals surface area contributed by atoms with Gasteiger partial charge in [0, 0.05) is 43.8 Å². The lowest BCUT2D eigenvalue weighted by molar-refractivity contribution is 0.0725. The molecule has 0 radical (unpaired) electrons. The van der Waals surface area contributed by atoms with Crippen LogP contribution in [0.15, 0.2) is 36.8 Å². The molecule has 0 unspecified atom stereocenters. The van der Waals surface area contributed by atoms with Crippen molar-refractivity contribution in [1.82, 2.24) is 23.8 Å². The lowest BCUT2D eigenvalue weighted by Crippen LogP contribution is -2.46. The van der Waals surface area contributed by atoms with E-state index in [9.17, 15) is 8.42 Å². The van der Waals surface area contributed by atoms with Crippen molar-refractivity contribution in [2.24, 2.45) is 0 Å². The summed E-state index contributed by atoms with van der Waals surface area (Å²) in [6.45, 7) is 1.74. The molecule has 1 N–H and O–H groups in total. The van der Waals surface area contributed by atoms with Gasteiger partial charge in [0.15, 0.2) is 5.82 Å². The van der Waals surface area contributed by atoms with Gasteiger partial charge in [0.05, 0.1) is 13.2 Å². The van der Waals surface area contributed by atoms with Crippen molar-refractivity contribution in [2.75, 3.05) is 26.3 Å². The van der Waals surface area contributed by atoms with Crippen molar-refractivity contribution in [2.45, 2.75) is 6.54 Å². The highest BCUT2D eigenvalue weighted by Crippen LogP contribution is 2.11. The summed E-state index contributed by atoms with van der Waals surface area (Å²) in [6.07, 6.45) is 5.07. The van der Waals surface area contributed by atoms with E-state index in [0.717, 1.165) is 5.56 Å². The molecule has 8 nitrogen and oxygen atoms in total. The summed E-state index contributed by atoms with van der Waals surface area (Å²) in [7, 11) is -3.52. The Balaban J connectivity index is 1.74. The minimum Gasteiger partial charge on any atom is -0.379 e. The van der Waals surface area contributed by atoms with E-state index in [1.165, 1.54) is 4.31 Å². The maximum absolute atomic E-state index is 12.3. The first-order valence-corrected chi connectivity index (χ1v) is 8.37. The fourth-order valence-corrected chi connectivity index (χ4v) is 3.37. The van der Waals surface area contributed by atoms with Gasteiger partial charge in [0.1, 0.15) is 0 Å². The van der Waals surface area contributed by atoms with Gasteiger partial charge < -0.3 is 4.74 Å². The van der Waals surface area contributed by atoms with Gasteiger partial charge in [0.25, 0.3) is 10.2 Å². The van der Waals surface area contributed by atoms with Crippen LogP contribution in [0.25, 0.3) is 5.82 Å². The third-order valence-electron chi connectivity index (χ3n) is 3.34. The molecule has 22 heavy (non-hydrogen) atoms. The molecule has 1 saturated heterocycles. The van der Waals surface area contributed by atoms with Crippen LogP contribution in [0.3, 0.4) is 0 Å². The first-order chi connectivity index (χ1) is 10.7. The summed E-state index contributed by atoms with van der Waals surface area (Å²) in [5.41, 5.74) is 0.753. The highest BCUT2D eigenvalue weighted by atomic mass is 32.2. The van der Waals surface area contributed by atoms with Gasteiger partial charge in [0.2, 0.25) is 0 Å². The van der Waals surface area contributed by atoms with E-state index in [-0.39, 0.29) is 6.54 Å². The molecular formula is C13H17N5O3S. The second kappa shape index (κ2) is 6.53. The summed E-state index contributed by atoms with van der Waals surface area (Å²) in [5, 5.41) is 4.13. The first-order valence-electron chi connectivity index (χ1n) is 6.93. The monoisotopic (exact) mass is 323 g/mol. The second-order valence-electron chi connectivity index (χ2n) is 4.77. The number of rotatable bonds is 5. The standard InChI is InChI=1S/C13H17N5O3S/c19-22(20,17-7-9-21-10-8-17)16-11-12-3-1-4-14-13(12)18-6-2-5-15-18/h1-6,16H,7-11H2. The van der Waals surface area contributed by atoms with Crippen LogP contribution in [-0.4, -0.2) is 53.8 Å². The van der Waals surface area contributed by atoms with Crippen molar-refractivity contribution < 1.29 is 13.2 Å². The molecule has 3 heterocycles. The molecule has 1 aliphatic heterocycles. The van der Waals surface area contributed by atoms with E-state index in [4.69, 9.17) is 4.74 Å². The van der Waals surface area contributed by atoms with Crippen molar-refractivity contribution >= 4 is 10.2 Å². The van der Waals surface area contributed by atoms with Gasteiger partial charge in [-0.2, -0.15) is 22.5 Å². The molecule has 1 fully saturated rings. The molecule has 0 amide bonds. The predicted octanol–water partition coefficient (Wildman–Crippen LogP) is -0.0661.